The Hall–Kier alpha value is -1.16. The molecule has 1 atom stereocenters. The second-order valence-corrected chi connectivity index (χ2v) is 4.75. The van der Waals surface area contributed by atoms with Crippen molar-refractivity contribution in [1.29, 1.82) is 0 Å². The van der Waals surface area contributed by atoms with Crippen LogP contribution in [0.3, 0.4) is 0 Å². The number of methoxy groups -OCH3 is 1. The Bertz CT molecular complexity index is 390. The van der Waals surface area contributed by atoms with Crippen molar-refractivity contribution < 1.29 is 4.74 Å². The molecule has 1 aromatic heterocycles. The number of aromatic amines is 1. The van der Waals surface area contributed by atoms with Crippen LogP contribution >= 0.6 is 0 Å². The minimum atomic E-state index is -0.204. The van der Waals surface area contributed by atoms with Crippen molar-refractivity contribution in [3.05, 3.63) is 27.9 Å². The van der Waals surface area contributed by atoms with Crippen LogP contribution in [0.4, 0.5) is 0 Å². The Labute approximate surface area is 89.7 Å². The number of aromatic nitrogens is 2. The van der Waals surface area contributed by atoms with Gasteiger partial charge in [-0.1, -0.05) is 20.8 Å². The lowest BCUT2D eigenvalue weighted by Crippen LogP contribution is -2.25. The van der Waals surface area contributed by atoms with Gasteiger partial charge in [0.1, 0.15) is 11.9 Å². The molecule has 1 heterocycles. The summed E-state index contributed by atoms with van der Waals surface area (Å²) in [6.07, 6.45) is -0.204. The monoisotopic (exact) mass is 210 g/mol. The topological polar surface area (TPSA) is 55.0 Å². The number of hydrogen-bond acceptors (Lipinski definition) is 3. The molecule has 0 aliphatic heterocycles. The molecule has 0 aliphatic carbocycles. The summed E-state index contributed by atoms with van der Waals surface area (Å²) in [5, 5.41) is 0. The number of ether oxygens (including phenoxy) is 1. The van der Waals surface area contributed by atoms with Crippen LogP contribution in [0.25, 0.3) is 0 Å². The number of rotatable bonds is 2. The van der Waals surface area contributed by atoms with Gasteiger partial charge in [-0.15, -0.1) is 0 Å². The van der Waals surface area contributed by atoms with E-state index in [4.69, 9.17) is 4.74 Å². The van der Waals surface area contributed by atoms with Crippen molar-refractivity contribution in [3.63, 3.8) is 0 Å². The van der Waals surface area contributed by atoms with E-state index < -0.39 is 0 Å². The third-order valence-corrected chi connectivity index (χ3v) is 2.16. The number of hydrogen-bond donors (Lipinski definition) is 1. The molecular weight excluding hydrogens is 192 g/mol. The van der Waals surface area contributed by atoms with Gasteiger partial charge in [-0.25, -0.2) is 4.98 Å². The first kappa shape index (κ1) is 11.9. The van der Waals surface area contributed by atoms with Gasteiger partial charge in [0.25, 0.3) is 5.56 Å². The van der Waals surface area contributed by atoms with Crippen LogP contribution in [-0.2, 0) is 4.74 Å². The predicted octanol–water partition coefficient (Wildman–Crippen LogP) is 1.81. The summed E-state index contributed by atoms with van der Waals surface area (Å²) >= 11 is 0. The van der Waals surface area contributed by atoms with Gasteiger partial charge in [0, 0.05) is 18.9 Å². The highest BCUT2D eigenvalue weighted by Gasteiger charge is 2.28. The van der Waals surface area contributed by atoms with Crippen molar-refractivity contribution in [2.45, 2.75) is 33.8 Å². The maximum absolute atomic E-state index is 11.3. The molecule has 15 heavy (non-hydrogen) atoms. The molecule has 0 spiro atoms. The number of nitrogens with one attached hydrogen (secondary N) is 1. The molecular formula is C11H18N2O2. The normalized spacial score (nSPS) is 13.9. The van der Waals surface area contributed by atoms with E-state index in [1.807, 2.05) is 20.8 Å². The molecule has 0 bridgehead atoms. The first-order chi connectivity index (χ1) is 6.84. The van der Waals surface area contributed by atoms with Crippen molar-refractivity contribution in [2.75, 3.05) is 7.11 Å². The van der Waals surface area contributed by atoms with Crippen molar-refractivity contribution in [3.8, 4) is 0 Å². The Morgan fingerprint density at radius 1 is 1.47 bits per heavy atom. The fraction of sp³-hybridized carbons (Fsp3) is 0.636. The smallest absolute Gasteiger partial charge is 0.251 e. The summed E-state index contributed by atoms with van der Waals surface area (Å²) in [5.41, 5.74) is 0.474. The first-order valence-corrected chi connectivity index (χ1v) is 4.95. The zero-order valence-electron chi connectivity index (χ0n) is 9.92. The van der Waals surface area contributed by atoms with E-state index in [-0.39, 0.29) is 17.1 Å². The van der Waals surface area contributed by atoms with E-state index in [2.05, 4.69) is 9.97 Å². The van der Waals surface area contributed by atoms with Crippen LogP contribution in [0.15, 0.2) is 10.9 Å². The van der Waals surface area contributed by atoms with Crippen LogP contribution in [0.2, 0.25) is 0 Å². The molecule has 1 rings (SSSR count). The highest BCUT2D eigenvalue weighted by Crippen LogP contribution is 2.32. The molecule has 0 aliphatic rings. The molecule has 0 saturated heterocycles. The molecule has 0 fully saturated rings. The molecule has 84 valence electrons. The highest BCUT2D eigenvalue weighted by molar-refractivity contribution is 5.04. The van der Waals surface area contributed by atoms with Gasteiger partial charge in [-0.2, -0.15) is 0 Å². The van der Waals surface area contributed by atoms with E-state index in [9.17, 15) is 4.79 Å². The zero-order chi connectivity index (χ0) is 11.6. The van der Waals surface area contributed by atoms with Crippen LogP contribution in [0, 0.1) is 12.3 Å². The van der Waals surface area contributed by atoms with Gasteiger partial charge in [0.05, 0.1) is 0 Å². The highest BCUT2D eigenvalue weighted by atomic mass is 16.5. The maximum atomic E-state index is 11.3. The molecule has 1 aromatic rings. The van der Waals surface area contributed by atoms with E-state index in [1.165, 1.54) is 6.07 Å². The lowest BCUT2D eigenvalue weighted by Gasteiger charge is -2.28. The second-order valence-electron chi connectivity index (χ2n) is 4.75. The molecule has 1 N–H and O–H groups in total. The lowest BCUT2D eigenvalue weighted by atomic mass is 9.88. The van der Waals surface area contributed by atoms with Crippen LogP contribution in [0.5, 0.6) is 0 Å². The maximum Gasteiger partial charge on any atom is 0.251 e. The standard InChI is InChI=1S/C11H18N2O2/c1-7-6-8(14)13-10(12-7)9(15-5)11(2,3)4/h6,9H,1-5H3,(H,12,13,14). The average Bonchev–Trinajstić information content (AvgIpc) is 1.99. The fourth-order valence-corrected chi connectivity index (χ4v) is 1.60. The first-order valence-electron chi connectivity index (χ1n) is 4.95. The number of aryl methyl sites for hydroxylation is 1. The van der Waals surface area contributed by atoms with E-state index >= 15 is 0 Å². The van der Waals surface area contributed by atoms with Gasteiger partial charge in [-0.3, -0.25) is 4.79 Å². The van der Waals surface area contributed by atoms with E-state index in [0.717, 1.165) is 0 Å². The number of H-pyrrole nitrogens is 1. The molecule has 0 aromatic carbocycles. The van der Waals surface area contributed by atoms with Gasteiger partial charge in [-0.05, 0) is 12.3 Å². The van der Waals surface area contributed by atoms with Crippen molar-refractivity contribution >= 4 is 0 Å². The van der Waals surface area contributed by atoms with Gasteiger partial charge in [0.15, 0.2) is 0 Å². The summed E-state index contributed by atoms with van der Waals surface area (Å²) < 4.78 is 5.38. The average molecular weight is 210 g/mol. The molecule has 0 saturated carbocycles. The van der Waals surface area contributed by atoms with Crippen LogP contribution in [-0.4, -0.2) is 17.1 Å². The van der Waals surface area contributed by atoms with Gasteiger partial charge < -0.3 is 9.72 Å². The minimum absolute atomic E-state index is 0.0987. The SMILES string of the molecule is COC(c1nc(C)cc(=O)[nH]1)C(C)(C)C. The largest absolute Gasteiger partial charge is 0.373 e. The quantitative estimate of drug-likeness (QED) is 0.810. The minimum Gasteiger partial charge on any atom is -0.373 e. The Kier molecular flexibility index (Phi) is 3.29. The lowest BCUT2D eigenvalue weighted by molar-refractivity contribution is 0.00838. The second kappa shape index (κ2) is 4.14. The summed E-state index contributed by atoms with van der Waals surface area (Å²) in [6, 6.07) is 1.47. The predicted molar refractivity (Wildman–Crippen MR) is 58.8 cm³/mol. The van der Waals surface area contributed by atoms with E-state index in [0.29, 0.717) is 11.5 Å². The molecule has 0 radical (unpaired) electrons. The zero-order valence-corrected chi connectivity index (χ0v) is 9.92. The molecule has 0 amide bonds. The van der Waals surface area contributed by atoms with Crippen LogP contribution < -0.4 is 5.56 Å². The third-order valence-electron chi connectivity index (χ3n) is 2.16. The van der Waals surface area contributed by atoms with Crippen molar-refractivity contribution in [1.82, 2.24) is 9.97 Å². The number of nitrogens with zero attached hydrogens (tertiary/aromatic N) is 1. The molecule has 1 unspecified atom stereocenters. The van der Waals surface area contributed by atoms with Crippen LogP contribution in [0.1, 0.15) is 38.4 Å². The van der Waals surface area contributed by atoms with E-state index in [1.54, 1.807) is 14.0 Å². The fourth-order valence-electron chi connectivity index (χ4n) is 1.60. The molecule has 4 nitrogen and oxygen atoms in total. The van der Waals surface area contributed by atoms with Crippen molar-refractivity contribution in [2.24, 2.45) is 5.41 Å². The summed E-state index contributed by atoms with van der Waals surface area (Å²) in [5.74, 6) is 0.593. The Balaban J connectivity index is 3.19. The summed E-state index contributed by atoms with van der Waals surface area (Å²) in [6.45, 7) is 7.94. The summed E-state index contributed by atoms with van der Waals surface area (Å²) in [7, 11) is 1.62. The molecule has 4 heteroatoms. The van der Waals surface area contributed by atoms with Gasteiger partial charge in [0.2, 0.25) is 0 Å². The third kappa shape index (κ3) is 2.89. The Morgan fingerprint density at radius 2 is 2.07 bits per heavy atom. The van der Waals surface area contributed by atoms with Gasteiger partial charge >= 0.3 is 0 Å². The summed E-state index contributed by atoms with van der Waals surface area (Å²) in [4.78, 5) is 18.3. The Morgan fingerprint density at radius 3 is 2.47 bits per heavy atom.